The molecule has 1 aliphatic heterocycles. The van der Waals surface area contributed by atoms with Gasteiger partial charge in [0.05, 0.1) is 11.6 Å². The fraction of sp³-hybridized carbons (Fsp3) is 0.381. The lowest BCUT2D eigenvalue weighted by Gasteiger charge is -2.43. The van der Waals surface area contributed by atoms with Crippen LogP contribution in [0.15, 0.2) is 107 Å². The Morgan fingerprint density at radius 3 is 1.92 bits per heavy atom. The highest BCUT2D eigenvalue weighted by atomic mass is 28.4. The van der Waals surface area contributed by atoms with Gasteiger partial charge in [0.15, 0.2) is 5.76 Å². The number of ether oxygens (including phenoxy) is 1. The summed E-state index contributed by atoms with van der Waals surface area (Å²) in [5.41, 5.74) is 2.83. The number of nitriles is 2. The zero-order chi connectivity index (χ0) is 35.0. The molecule has 0 aromatic heterocycles. The van der Waals surface area contributed by atoms with Gasteiger partial charge in [0, 0.05) is 36.0 Å². The van der Waals surface area contributed by atoms with Crippen molar-refractivity contribution in [3.05, 3.63) is 113 Å². The Hall–Kier alpha value is -4.52. The zero-order valence-electron chi connectivity index (χ0n) is 30.1. The lowest BCUT2D eigenvalue weighted by atomic mass is 9.94. The van der Waals surface area contributed by atoms with Crippen LogP contribution >= 0.6 is 0 Å². The van der Waals surface area contributed by atoms with Crippen LogP contribution < -0.4 is 19.7 Å². The maximum Gasteiger partial charge on any atom is 0.319 e. The van der Waals surface area contributed by atoms with Gasteiger partial charge in [-0.25, -0.2) is 0 Å². The SMILES string of the molecule is CCCCN(CCCC)c1ccc(/C=C/C2=C(C#N)C(=C(\C)C#N)/OC2(C)C)c(O[Si](c2ccccc2)(c2ccccc2)C(C)(C)C)c1. The van der Waals surface area contributed by atoms with Crippen molar-refractivity contribution in [1.29, 1.82) is 10.5 Å². The molecule has 0 bridgehead atoms. The molecule has 4 rings (SSSR count). The van der Waals surface area contributed by atoms with Gasteiger partial charge in [0.25, 0.3) is 0 Å². The Morgan fingerprint density at radius 1 is 0.875 bits per heavy atom. The highest BCUT2D eigenvalue weighted by molar-refractivity contribution is 7.00. The molecule has 48 heavy (non-hydrogen) atoms. The smallest absolute Gasteiger partial charge is 0.319 e. The van der Waals surface area contributed by atoms with Crippen LogP contribution in [0.3, 0.4) is 0 Å². The normalized spacial score (nSPS) is 15.5. The van der Waals surface area contributed by atoms with Crippen molar-refractivity contribution in [2.75, 3.05) is 18.0 Å². The molecule has 250 valence electrons. The molecule has 0 atom stereocenters. The van der Waals surface area contributed by atoms with E-state index < -0.39 is 13.9 Å². The lowest BCUT2D eigenvalue weighted by molar-refractivity contribution is 0.0949. The standard InChI is InChI=1S/C42H51N3O2Si/c1-9-11-27-45(28-12-10-2)34-25-23-33(24-26-38-37(31-44)40(32(3)30-43)46-42(38,7)8)39(29-34)47-48(41(4,5)6,35-19-15-13-16-20-35)36-21-17-14-18-22-36/h13-26,29H,9-12,27-28H2,1-8H3/b26-24+,40-32-. The minimum atomic E-state index is -2.95. The number of unbranched alkanes of at least 4 members (excludes halogenated alkanes) is 2. The average molecular weight is 658 g/mol. The van der Waals surface area contributed by atoms with Gasteiger partial charge in [-0.3, -0.25) is 0 Å². The molecule has 0 unspecified atom stereocenters. The summed E-state index contributed by atoms with van der Waals surface area (Å²) in [5.74, 6) is 1.17. The van der Waals surface area contributed by atoms with E-state index >= 15 is 0 Å². The minimum absolute atomic E-state index is 0.219. The monoisotopic (exact) mass is 657 g/mol. The van der Waals surface area contributed by atoms with Gasteiger partial charge in [-0.15, -0.1) is 0 Å². The first-order valence-corrected chi connectivity index (χ1v) is 19.2. The van der Waals surface area contributed by atoms with Crippen molar-refractivity contribution < 1.29 is 9.16 Å². The molecule has 3 aromatic rings. The molecular weight excluding hydrogens is 607 g/mol. The average Bonchev–Trinajstić information content (AvgIpc) is 3.35. The molecule has 0 N–H and O–H groups in total. The number of benzene rings is 3. The summed E-state index contributed by atoms with van der Waals surface area (Å²) in [4.78, 5) is 2.49. The van der Waals surface area contributed by atoms with Crippen LogP contribution in [0, 0.1) is 22.7 Å². The fourth-order valence-corrected chi connectivity index (χ4v) is 10.9. The van der Waals surface area contributed by atoms with Gasteiger partial charge < -0.3 is 14.1 Å². The third kappa shape index (κ3) is 7.61. The van der Waals surface area contributed by atoms with Gasteiger partial charge in [0.1, 0.15) is 23.0 Å². The summed E-state index contributed by atoms with van der Waals surface area (Å²) in [6, 6.07) is 32.5. The van der Waals surface area contributed by atoms with Crippen LogP contribution in [-0.4, -0.2) is 27.0 Å². The molecule has 0 fully saturated rings. The molecule has 0 saturated carbocycles. The third-order valence-corrected chi connectivity index (χ3v) is 14.1. The molecule has 1 aliphatic rings. The fourth-order valence-electron chi connectivity index (χ4n) is 6.50. The van der Waals surface area contributed by atoms with E-state index in [4.69, 9.17) is 9.16 Å². The van der Waals surface area contributed by atoms with Crippen LogP contribution in [0.5, 0.6) is 5.75 Å². The molecule has 1 heterocycles. The zero-order valence-corrected chi connectivity index (χ0v) is 31.1. The maximum absolute atomic E-state index is 10.2. The van der Waals surface area contributed by atoms with Crippen molar-refractivity contribution in [3.63, 3.8) is 0 Å². The van der Waals surface area contributed by atoms with Crippen LogP contribution in [-0.2, 0) is 4.74 Å². The third-order valence-electron chi connectivity index (χ3n) is 9.16. The molecule has 0 aliphatic carbocycles. The van der Waals surface area contributed by atoms with Crippen molar-refractivity contribution in [3.8, 4) is 17.9 Å². The van der Waals surface area contributed by atoms with E-state index in [-0.39, 0.29) is 5.04 Å². The largest absolute Gasteiger partial charge is 0.534 e. The molecule has 0 saturated heterocycles. The Kier molecular flexibility index (Phi) is 11.8. The number of hydrogen-bond donors (Lipinski definition) is 0. The highest BCUT2D eigenvalue weighted by Gasteiger charge is 2.52. The molecule has 5 nitrogen and oxygen atoms in total. The Labute approximate surface area is 290 Å². The second-order valence-corrected chi connectivity index (χ2v) is 18.3. The molecule has 0 spiro atoms. The first-order chi connectivity index (χ1) is 22.9. The Balaban J connectivity index is 1.98. The van der Waals surface area contributed by atoms with E-state index in [9.17, 15) is 10.5 Å². The molecule has 6 heteroatoms. The minimum Gasteiger partial charge on any atom is -0.534 e. The van der Waals surface area contributed by atoms with Gasteiger partial charge in [0.2, 0.25) is 0 Å². The number of rotatable bonds is 13. The van der Waals surface area contributed by atoms with E-state index in [1.807, 2.05) is 26.0 Å². The summed E-state index contributed by atoms with van der Waals surface area (Å²) in [5, 5.41) is 22.0. The summed E-state index contributed by atoms with van der Waals surface area (Å²) in [7, 11) is -2.95. The molecule has 0 radical (unpaired) electrons. The second kappa shape index (κ2) is 15.6. The Morgan fingerprint density at radius 2 is 1.44 bits per heavy atom. The summed E-state index contributed by atoms with van der Waals surface area (Å²) >= 11 is 0. The second-order valence-electron chi connectivity index (χ2n) is 14.1. The quantitative estimate of drug-likeness (QED) is 0.135. The van der Waals surface area contributed by atoms with Crippen molar-refractivity contribution in [2.24, 2.45) is 0 Å². The van der Waals surface area contributed by atoms with Crippen molar-refractivity contribution in [2.45, 2.75) is 91.7 Å². The summed E-state index contributed by atoms with van der Waals surface area (Å²) in [6.45, 7) is 18.9. The lowest BCUT2D eigenvalue weighted by Crippen LogP contribution is -2.68. The molecular formula is C42H51N3O2Si. The first kappa shape index (κ1) is 36.3. The van der Waals surface area contributed by atoms with Gasteiger partial charge in [-0.05, 0) is 61.2 Å². The van der Waals surface area contributed by atoms with Crippen molar-refractivity contribution >= 4 is 30.5 Å². The molecule has 0 amide bonds. The first-order valence-electron chi connectivity index (χ1n) is 17.3. The Bertz CT molecular complexity index is 1690. The van der Waals surface area contributed by atoms with E-state index in [2.05, 4.69) is 131 Å². The van der Waals surface area contributed by atoms with Crippen LogP contribution in [0.4, 0.5) is 5.69 Å². The molecule has 3 aromatic carbocycles. The topological polar surface area (TPSA) is 69.3 Å². The predicted octanol–water partition coefficient (Wildman–Crippen LogP) is 9.47. The summed E-state index contributed by atoms with van der Waals surface area (Å²) in [6.07, 6.45) is 8.51. The van der Waals surface area contributed by atoms with E-state index in [0.717, 1.165) is 61.3 Å². The van der Waals surface area contributed by atoms with Gasteiger partial charge in [-0.2, -0.15) is 10.5 Å². The maximum atomic E-state index is 10.2. The predicted molar refractivity (Wildman–Crippen MR) is 202 cm³/mol. The number of nitrogens with zero attached hydrogens (tertiary/aromatic N) is 3. The van der Waals surface area contributed by atoms with Crippen LogP contribution in [0.1, 0.15) is 86.6 Å². The number of allylic oxidation sites excluding steroid dienone is 2. The van der Waals surface area contributed by atoms with E-state index in [1.54, 1.807) is 6.92 Å². The van der Waals surface area contributed by atoms with Crippen molar-refractivity contribution in [1.82, 2.24) is 0 Å². The van der Waals surface area contributed by atoms with E-state index in [0.29, 0.717) is 16.9 Å². The van der Waals surface area contributed by atoms with Gasteiger partial charge >= 0.3 is 8.32 Å². The van der Waals surface area contributed by atoms with Crippen LogP contribution in [0.2, 0.25) is 5.04 Å². The summed E-state index contributed by atoms with van der Waals surface area (Å²) < 4.78 is 13.8. The van der Waals surface area contributed by atoms with E-state index in [1.165, 1.54) is 10.4 Å². The number of hydrogen-bond acceptors (Lipinski definition) is 5. The highest BCUT2D eigenvalue weighted by Crippen LogP contribution is 2.42. The number of anilines is 1. The van der Waals surface area contributed by atoms with Crippen LogP contribution in [0.25, 0.3) is 6.08 Å². The van der Waals surface area contributed by atoms with Gasteiger partial charge in [-0.1, -0.05) is 120 Å².